The zero-order chi connectivity index (χ0) is 13.1. The van der Waals surface area contributed by atoms with Gasteiger partial charge in [-0.15, -0.1) is 0 Å². The molecule has 1 aromatic carbocycles. The third-order valence-electron chi connectivity index (χ3n) is 2.77. The summed E-state index contributed by atoms with van der Waals surface area (Å²) in [6, 6.07) is 5.35. The molecule has 1 aromatic rings. The Hall–Kier alpha value is -1.03. The van der Waals surface area contributed by atoms with Crippen LogP contribution in [0.25, 0.3) is 0 Å². The molecule has 0 saturated carbocycles. The van der Waals surface area contributed by atoms with E-state index in [9.17, 15) is 13.2 Å². The number of halogens is 3. The van der Waals surface area contributed by atoms with Crippen LogP contribution in [-0.4, -0.2) is 11.7 Å². The normalized spacial score (nSPS) is 12.8. The molecule has 0 amide bonds. The fourth-order valence-electron chi connectivity index (χ4n) is 1.46. The first-order chi connectivity index (χ1) is 7.74. The molecular weight excluding hydrogens is 229 g/mol. The predicted molar refractivity (Wildman–Crippen MR) is 60.6 cm³/mol. The van der Waals surface area contributed by atoms with E-state index < -0.39 is 11.7 Å². The Labute approximate surface area is 99.3 Å². The first-order valence-electron chi connectivity index (χ1n) is 5.52. The standard InChI is InChI=1S/C13H17F3O/c1-12(2,9-17)7-6-10-4-3-5-11(8-10)13(14,15)16/h3-5,8,17H,6-7,9H2,1-2H3. The molecule has 0 atom stereocenters. The first kappa shape index (κ1) is 14.0. The number of hydrogen-bond acceptors (Lipinski definition) is 1. The van der Waals surface area contributed by atoms with Crippen molar-refractivity contribution in [1.29, 1.82) is 0 Å². The van der Waals surface area contributed by atoms with Crippen LogP contribution in [0.15, 0.2) is 24.3 Å². The Morgan fingerprint density at radius 3 is 2.35 bits per heavy atom. The molecule has 0 heterocycles. The number of alkyl halides is 3. The van der Waals surface area contributed by atoms with Crippen LogP contribution in [0, 0.1) is 5.41 Å². The van der Waals surface area contributed by atoms with Crippen molar-refractivity contribution in [1.82, 2.24) is 0 Å². The molecule has 96 valence electrons. The van der Waals surface area contributed by atoms with Crippen molar-refractivity contribution in [3.8, 4) is 0 Å². The van der Waals surface area contributed by atoms with E-state index in [2.05, 4.69) is 0 Å². The summed E-state index contributed by atoms with van der Waals surface area (Å²) in [5.74, 6) is 0. The van der Waals surface area contributed by atoms with E-state index in [1.165, 1.54) is 12.1 Å². The summed E-state index contributed by atoms with van der Waals surface area (Å²) < 4.78 is 37.4. The van der Waals surface area contributed by atoms with E-state index in [1.807, 2.05) is 13.8 Å². The highest BCUT2D eigenvalue weighted by Gasteiger charge is 2.30. The molecular formula is C13H17F3O. The molecule has 0 unspecified atom stereocenters. The van der Waals surface area contributed by atoms with Crippen molar-refractivity contribution < 1.29 is 18.3 Å². The second-order valence-electron chi connectivity index (χ2n) is 5.02. The number of benzene rings is 1. The minimum Gasteiger partial charge on any atom is -0.396 e. The van der Waals surface area contributed by atoms with Gasteiger partial charge in [-0.05, 0) is 29.9 Å². The van der Waals surface area contributed by atoms with Crippen molar-refractivity contribution in [2.75, 3.05) is 6.61 Å². The summed E-state index contributed by atoms with van der Waals surface area (Å²) in [4.78, 5) is 0. The van der Waals surface area contributed by atoms with E-state index >= 15 is 0 Å². The molecule has 0 aliphatic carbocycles. The number of aliphatic hydroxyl groups is 1. The van der Waals surface area contributed by atoms with Gasteiger partial charge in [-0.3, -0.25) is 0 Å². The van der Waals surface area contributed by atoms with Crippen molar-refractivity contribution >= 4 is 0 Å². The van der Waals surface area contributed by atoms with Crippen LogP contribution in [0.4, 0.5) is 13.2 Å². The van der Waals surface area contributed by atoms with Gasteiger partial charge >= 0.3 is 6.18 Å². The van der Waals surface area contributed by atoms with E-state index in [4.69, 9.17) is 5.11 Å². The molecule has 0 aliphatic heterocycles. The van der Waals surface area contributed by atoms with Crippen LogP contribution in [0.5, 0.6) is 0 Å². The average Bonchev–Trinajstić information content (AvgIpc) is 2.26. The summed E-state index contributed by atoms with van der Waals surface area (Å²) in [5, 5.41) is 9.08. The molecule has 4 heteroatoms. The van der Waals surface area contributed by atoms with E-state index in [0.29, 0.717) is 18.4 Å². The first-order valence-corrected chi connectivity index (χ1v) is 5.52. The topological polar surface area (TPSA) is 20.2 Å². The molecule has 1 nitrogen and oxygen atoms in total. The van der Waals surface area contributed by atoms with Gasteiger partial charge in [-0.25, -0.2) is 0 Å². The van der Waals surface area contributed by atoms with Crippen LogP contribution in [0.2, 0.25) is 0 Å². The SMILES string of the molecule is CC(C)(CO)CCc1cccc(C(F)(F)F)c1. The summed E-state index contributed by atoms with van der Waals surface area (Å²) in [6.07, 6.45) is -3.09. The monoisotopic (exact) mass is 246 g/mol. The van der Waals surface area contributed by atoms with Gasteiger partial charge in [-0.2, -0.15) is 13.2 Å². The maximum Gasteiger partial charge on any atom is 0.416 e. The maximum atomic E-state index is 12.5. The van der Waals surface area contributed by atoms with E-state index in [0.717, 1.165) is 6.07 Å². The van der Waals surface area contributed by atoms with Crippen molar-refractivity contribution in [3.63, 3.8) is 0 Å². The molecule has 0 aliphatic rings. The second kappa shape index (κ2) is 5.08. The number of aryl methyl sites for hydroxylation is 1. The van der Waals surface area contributed by atoms with E-state index in [1.54, 1.807) is 6.07 Å². The van der Waals surface area contributed by atoms with Gasteiger partial charge in [0.25, 0.3) is 0 Å². The largest absolute Gasteiger partial charge is 0.416 e. The fraction of sp³-hybridized carbons (Fsp3) is 0.538. The lowest BCUT2D eigenvalue weighted by Crippen LogP contribution is -2.17. The Bertz CT molecular complexity index is 369. The highest BCUT2D eigenvalue weighted by atomic mass is 19.4. The molecule has 0 bridgehead atoms. The summed E-state index contributed by atoms with van der Waals surface area (Å²) >= 11 is 0. The van der Waals surface area contributed by atoms with Gasteiger partial charge in [0.2, 0.25) is 0 Å². The third kappa shape index (κ3) is 4.38. The minimum atomic E-state index is -4.29. The summed E-state index contributed by atoms with van der Waals surface area (Å²) in [6.45, 7) is 3.81. The number of rotatable bonds is 4. The quantitative estimate of drug-likeness (QED) is 0.859. The van der Waals surface area contributed by atoms with Crippen molar-refractivity contribution in [2.24, 2.45) is 5.41 Å². The lowest BCUT2D eigenvalue weighted by atomic mass is 9.87. The Kier molecular flexibility index (Phi) is 4.20. The van der Waals surface area contributed by atoms with Gasteiger partial charge in [0.15, 0.2) is 0 Å². The van der Waals surface area contributed by atoms with Crippen LogP contribution in [0.3, 0.4) is 0 Å². The molecule has 1 N–H and O–H groups in total. The fourth-order valence-corrected chi connectivity index (χ4v) is 1.46. The maximum absolute atomic E-state index is 12.5. The predicted octanol–water partition coefficient (Wildman–Crippen LogP) is 3.66. The Morgan fingerprint density at radius 1 is 1.18 bits per heavy atom. The number of hydrogen-bond donors (Lipinski definition) is 1. The molecule has 0 saturated heterocycles. The second-order valence-corrected chi connectivity index (χ2v) is 5.02. The minimum absolute atomic E-state index is 0.0337. The molecule has 1 rings (SSSR count). The smallest absolute Gasteiger partial charge is 0.396 e. The lowest BCUT2D eigenvalue weighted by molar-refractivity contribution is -0.137. The molecule has 0 fully saturated rings. The van der Waals surface area contributed by atoms with Gasteiger partial charge in [0.1, 0.15) is 0 Å². The highest BCUT2D eigenvalue weighted by molar-refractivity contribution is 5.25. The van der Waals surface area contributed by atoms with Gasteiger partial charge in [0, 0.05) is 6.61 Å². The van der Waals surface area contributed by atoms with Crippen molar-refractivity contribution in [2.45, 2.75) is 32.9 Å². The molecule has 0 aromatic heterocycles. The van der Waals surface area contributed by atoms with Crippen molar-refractivity contribution in [3.05, 3.63) is 35.4 Å². The van der Waals surface area contributed by atoms with Gasteiger partial charge < -0.3 is 5.11 Å². The number of aliphatic hydroxyl groups excluding tert-OH is 1. The molecule has 0 radical (unpaired) electrons. The van der Waals surface area contributed by atoms with Crippen LogP contribution < -0.4 is 0 Å². The lowest BCUT2D eigenvalue weighted by Gasteiger charge is -2.21. The van der Waals surface area contributed by atoms with Crippen LogP contribution >= 0.6 is 0 Å². The summed E-state index contributed by atoms with van der Waals surface area (Å²) in [7, 11) is 0. The Morgan fingerprint density at radius 2 is 1.82 bits per heavy atom. The van der Waals surface area contributed by atoms with Crippen LogP contribution in [0.1, 0.15) is 31.4 Å². The zero-order valence-corrected chi connectivity index (χ0v) is 10.0. The van der Waals surface area contributed by atoms with Gasteiger partial charge in [-0.1, -0.05) is 32.0 Å². The van der Waals surface area contributed by atoms with Crippen LogP contribution in [-0.2, 0) is 12.6 Å². The van der Waals surface area contributed by atoms with E-state index in [-0.39, 0.29) is 12.0 Å². The molecule has 0 spiro atoms. The third-order valence-corrected chi connectivity index (χ3v) is 2.77. The summed E-state index contributed by atoms with van der Waals surface area (Å²) in [5.41, 5.74) is -0.216. The Balaban J connectivity index is 2.74. The highest BCUT2D eigenvalue weighted by Crippen LogP contribution is 2.30. The van der Waals surface area contributed by atoms with Gasteiger partial charge in [0.05, 0.1) is 5.56 Å². The average molecular weight is 246 g/mol. The zero-order valence-electron chi connectivity index (χ0n) is 10.0. The molecule has 17 heavy (non-hydrogen) atoms.